The Labute approximate surface area is 157 Å². The van der Waals surface area contributed by atoms with Gasteiger partial charge < -0.3 is 15.4 Å². The Morgan fingerprint density at radius 2 is 1.74 bits per heavy atom. The monoisotopic (exact) mass is 358 g/mol. The molecule has 7 heteroatoms. The van der Waals surface area contributed by atoms with E-state index in [1.807, 2.05) is 41.3 Å². The van der Waals surface area contributed by atoms with Crippen molar-refractivity contribution >= 4 is 11.6 Å². The predicted octanol–water partition coefficient (Wildman–Crippen LogP) is 2.09. The number of hydrogen-bond donors (Lipinski definition) is 1. The van der Waals surface area contributed by atoms with Gasteiger partial charge in [-0.05, 0) is 12.0 Å². The molecule has 0 bridgehead atoms. The average molecular weight is 358 g/mol. The largest absolute Gasteiger partial charge is 0.383 e. The Balaban J connectivity index is 2.14. The molecule has 0 amide bonds. The average Bonchev–Trinajstić information content (AvgIpc) is 2.72. The number of nitriles is 3. The summed E-state index contributed by atoms with van der Waals surface area (Å²) in [5, 5.41) is 29.3. The van der Waals surface area contributed by atoms with Gasteiger partial charge >= 0.3 is 0 Å². The molecular weight excluding hydrogens is 340 g/mol. The minimum Gasteiger partial charge on any atom is -0.383 e. The van der Waals surface area contributed by atoms with Crippen LogP contribution in [0, 0.1) is 34.0 Å². The zero-order valence-corrected chi connectivity index (χ0v) is 14.7. The van der Waals surface area contributed by atoms with Crippen molar-refractivity contribution < 1.29 is 4.74 Å². The summed E-state index contributed by atoms with van der Waals surface area (Å²) in [6.07, 6.45) is 0.382. The smallest absolute Gasteiger partial charge is 0.149 e. The van der Waals surface area contributed by atoms with Crippen LogP contribution in [0.15, 0.2) is 30.3 Å². The number of morpholine rings is 1. The van der Waals surface area contributed by atoms with Gasteiger partial charge in [0.2, 0.25) is 0 Å². The minimum absolute atomic E-state index is 0.0429. The third kappa shape index (κ3) is 3.67. The van der Waals surface area contributed by atoms with Crippen molar-refractivity contribution in [3.63, 3.8) is 0 Å². The van der Waals surface area contributed by atoms with Crippen molar-refractivity contribution in [3.8, 4) is 18.2 Å². The number of nitrogen functional groups attached to an aromatic ring is 1. The molecule has 2 heterocycles. The van der Waals surface area contributed by atoms with Crippen LogP contribution in [-0.4, -0.2) is 31.3 Å². The van der Waals surface area contributed by atoms with Crippen LogP contribution in [-0.2, 0) is 11.2 Å². The quantitative estimate of drug-likeness (QED) is 0.887. The summed E-state index contributed by atoms with van der Waals surface area (Å²) in [4.78, 5) is 6.23. The van der Waals surface area contributed by atoms with Gasteiger partial charge in [0.1, 0.15) is 34.9 Å². The Bertz CT molecular complexity index is 946. The molecule has 1 aromatic carbocycles. The molecule has 0 spiro atoms. The van der Waals surface area contributed by atoms with Crippen LogP contribution in [0.4, 0.5) is 11.6 Å². The van der Waals surface area contributed by atoms with Gasteiger partial charge in [0, 0.05) is 18.7 Å². The number of anilines is 2. The van der Waals surface area contributed by atoms with Gasteiger partial charge in [0.05, 0.1) is 25.2 Å². The summed E-state index contributed by atoms with van der Waals surface area (Å²) in [5.74, 6) is -0.219. The first kappa shape index (κ1) is 18.2. The van der Waals surface area contributed by atoms with Crippen molar-refractivity contribution in [3.05, 3.63) is 52.6 Å². The summed E-state index contributed by atoms with van der Waals surface area (Å²) in [6, 6.07) is 15.9. The Hall–Kier alpha value is -3.60. The van der Waals surface area contributed by atoms with E-state index in [-0.39, 0.29) is 16.9 Å². The highest BCUT2D eigenvalue weighted by molar-refractivity contribution is 5.70. The van der Waals surface area contributed by atoms with Crippen LogP contribution in [0.1, 0.15) is 28.2 Å². The molecule has 1 aromatic heterocycles. The number of ether oxygens (including phenoxy) is 1. The normalized spacial score (nSPS) is 14.6. The molecule has 3 rings (SSSR count). The maximum Gasteiger partial charge on any atom is 0.149 e. The molecule has 0 unspecified atom stereocenters. The SMILES string of the molecule is N#Cc1c(N)nc(N2CCOCC2)c(C#N)c1[C@@H](C#N)Cc1ccccc1. The number of hydrogen-bond acceptors (Lipinski definition) is 7. The molecule has 2 aromatic rings. The Morgan fingerprint density at radius 1 is 1.07 bits per heavy atom. The fraction of sp³-hybridized carbons (Fsp3) is 0.300. The van der Waals surface area contributed by atoms with Crippen LogP contribution < -0.4 is 10.6 Å². The molecule has 0 aliphatic carbocycles. The molecule has 1 saturated heterocycles. The van der Waals surface area contributed by atoms with Crippen molar-refractivity contribution in [2.24, 2.45) is 0 Å². The highest BCUT2D eigenvalue weighted by Crippen LogP contribution is 2.34. The van der Waals surface area contributed by atoms with Crippen molar-refractivity contribution in [2.75, 3.05) is 36.9 Å². The van der Waals surface area contributed by atoms with Crippen LogP contribution in [0.2, 0.25) is 0 Å². The zero-order chi connectivity index (χ0) is 19.2. The van der Waals surface area contributed by atoms with E-state index in [9.17, 15) is 15.8 Å². The second-order valence-corrected chi connectivity index (χ2v) is 6.18. The lowest BCUT2D eigenvalue weighted by Crippen LogP contribution is -2.37. The third-order valence-corrected chi connectivity index (χ3v) is 4.57. The first-order chi connectivity index (χ1) is 13.2. The lowest BCUT2D eigenvalue weighted by Gasteiger charge is -2.30. The fourth-order valence-corrected chi connectivity index (χ4v) is 3.25. The van der Waals surface area contributed by atoms with Crippen LogP contribution in [0.3, 0.4) is 0 Å². The molecule has 2 N–H and O–H groups in total. The molecule has 0 radical (unpaired) electrons. The van der Waals surface area contributed by atoms with E-state index in [2.05, 4.69) is 17.1 Å². The second kappa shape index (κ2) is 8.19. The highest BCUT2D eigenvalue weighted by atomic mass is 16.5. The van der Waals surface area contributed by atoms with Crippen LogP contribution >= 0.6 is 0 Å². The second-order valence-electron chi connectivity index (χ2n) is 6.18. The zero-order valence-electron chi connectivity index (χ0n) is 14.7. The van der Waals surface area contributed by atoms with Gasteiger partial charge in [0.25, 0.3) is 0 Å². The lowest BCUT2D eigenvalue weighted by atomic mass is 9.87. The van der Waals surface area contributed by atoms with Crippen LogP contribution in [0.25, 0.3) is 0 Å². The highest BCUT2D eigenvalue weighted by Gasteiger charge is 2.28. The van der Waals surface area contributed by atoms with Crippen molar-refractivity contribution in [1.29, 1.82) is 15.8 Å². The van der Waals surface area contributed by atoms with Crippen molar-refractivity contribution in [1.82, 2.24) is 4.98 Å². The van der Waals surface area contributed by atoms with E-state index in [1.54, 1.807) is 0 Å². The minimum atomic E-state index is -0.679. The summed E-state index contributed by atoms with van der Waals surface area (Å²) in [7, 11) is 0. The predicted molar refractivity (Wildman–Crippen MR) is 99.6 cm³/mol. The number of nitrogens with two attached hydrogens (primary N) is 1. The molecule has 1 fully saturated rings. The first-order valence-corrected chi connectivity index (χ1v) is 8.59. The van der Waals surface area contributed by atoms with Crippen LogP contribution in [0.5, 0.6) is 0 Å². The number of pyridine rings is 1. The number of nitrogens with zero attached hydrogens (tertiary/aromatic N) is 5. The number of aromatic nitrogens is 1. The van der Waals surface area contributed by atoms with Gasteiger partial charge in [-0.3, -0.25) is 0 Å². The summed E-state index contributed by atoms with van der Waals surface area (Å²) in [5.41, 5.74) is 7.69. The molecule has 7 nitrogen and oxygen atoms in total. The van der Waals surface area contributed by atoms with E-state index in [1.165, 1.54) is 0 Å². The summed E-state index contributed by atoms with van der Waals surface area (Å²) >= 11 is 0. The Kier molecular flexibility index (Phi) is 5.52. The molecule has 134 valence electrons. The molecule has 1 aliphatic rings. The molecule has 27 heavy (non-hydrogen) atoms. The molecular formula is C20H18N6O. The third-order valence-electron chi connectivity index (χ3n) is 4.57. The number of rotatable bonds is 4. The fourth-order valence-electron chi connectivity index (χ4n) is 3.25. The van der Waals surface area contributed by atoms with Gasteiger partial charge in [-0.15, -0.1) is 0 Å². The van der Waals surface area contributed by atoms with E-state index in [4.69, 9.17) is 10.5 Å². The lowest BCUT2D eigenvalue weighted by molar-refractivity contribution is 0.122. The maximum atomic E-state index is 9.84. The first-order valence-electron chi connectivity index (χ1n) is 8.59. The van der Waals surface area contributed by atoms with Gasteiger partial charge in [0.15, 0.2) is 0 Å². The topological polar surface area (TPSA) is 123 Å². The molecule has 1 aliphatic heterocycles. The summed E-state index contributed by atoms with van der Waals surface area (Å²) < 4.78 is 5.36. The van der Waals surface area contributed by atoms with Gasteiger partial charge in [-0.2, -0.15) is 15.8 Å². The molecule has 1 atom stereocenters. The van der Waals surface area contributed by atoms with Crippen molar-refractivity contribution in [2.45, 2.75) is 12.3 Å². The van der Waals surface area contributed by atoms with Gasteiger partial charge in [-0.1, -0.05) is 30.3 Å². The van der Waals surface area contributed by atoms with E-state index in [0.717, 1.165) is 5.56 Å². The van der Waals surface area contributed by atoms with E-state index < -0.39 is 5.92 Å². The number of benzene rings is 1. The standard InChI is InChI=1S/C20H18N6O/c21-11-15(10-14-4-2-1-3-5-14)18-16(12-22)19(24)25-20(17(18)13-23)26-6-8-27-9-7-26/h1-5,15H,6-10H2,(H2,24,25)/t15-/m1/s1. The van der Waals surface area contributed by atoms with Gasteiger partial charge in [-0.25, -0.2) is 4.98 Å². The van der Waals surface area contributed by atoms with E-state index in [0.29, 0.717) is 44.1 Å². The summed E-state index contributed by atoms with van der Waals surface area (Å²) in [6.45, 7) is 2.19. The maximum absolute atomic E-state index is 9.84. The van der Waals surface area contributed by atoms with E-state index >= 15 is 0 Å². The molecule has 0 saturated carbocycles. The Morgan fingerprint density at radius 3 is 2.33 bits per heavy atom.